The van der Waals surface area contributed by atoms with E-state index in [1.165, 1.54) is 6.07 Å². The van der Waals surface area contributed by atoms with E-state index in [9.17, 15) is 4.39 Å². The van der Waals surface area contributed by atoms with E-state index in [-0.39, 0.29) is 12.4 Å². The van der Waals surface area contributed by atoms with E-state index in [0.29, 0.717) is 18.1 Å². The molecule has 1 atom stereocenters. The van der Waals surface area contributed by atoms with Crippen LogP contribution in [0.3, 0.4) is 0 Å². The molecular formula is C17H22FNO2. The molecule has 0 radical (unpaired) electrons. The number of nitrogens with zero attached hydrogens (tertiary/aromatic N) is 1. The topological polar surface area (TPSA) is 32.7 Å². The molecule has 1 N–H and O–H groups in total. The highest BCUT2D eigenvalue weighted by atomic mass is 19.1. The third kappa shape index (κ3) is 4.82. The zero-order valence-electron chi connectivity index (χ0n) is 12.4. The Bertz CT molecular complexity index is 521. The molecule has 1 aromatic carbocycles. The summed E-state index contributed by atoms with van der Waals surface area (Å²) in [5.41, 5.74) is 1.46. The molecular weight excluding hydrogens is 269 g/mol. The van der Waals surface area contributed by atoms with Gasteiger partial charge in [-0.05, 0) is 37.1 Å². The molecule has 1 heterocycles. The highest BCUT2D eigenvalue weighted by Crippen LogP contribution is 2.17. The molecule has 0 spiro atoms. The van der Waals surface area contributed by atoms with Gasteiger partial charge in [0.05, 0.1) is 18.3 Å². The van der Waals surface area contributed by atoms with Crippen LogP contribution in [0.1, 0.15) is 30.4 Å². The zero-order valence-corrected chi connectivity index (χ0v) is 12.4. The van der Waals surface area contributed by atoms with Crippen LogP contribution < -0.4 is 0 Å². The second kappa shape index (κ2) is 8.14. The maximum atomic E-state index is 13.7. The summed E-state index contributed by atoms with van der Waals surface area (Å²) in [6.07, 6.45) is 2.89. The minimum absolute atomic E-state index is 0.000490. The number of likely N-dealkylation sites (tertiary alicyclic amines) is 1. The van der Waals surface area contributed by atoms with Crippen LogP contribution in [0.15, 0.2) is 18.2 Å². The monoisotopic (exact) mass is 291 g/mol. The SMILES string of the molecule is COC1CCCN(Cc2ccc(F)c(C#CCCO)c2)C1. The van der Waals surface area contributed by atoms with E-state index in [1.807, 2.05) is 6.07 Å². The number of halogens is 1. The highest BCUT2D eigenvalue weighted by molar-refractivity contribution is 5.38. The first kappa shape index (κ1) is 16.0. The molecule has 1 saturated heterocycles. The van der Waals surface area contributed by atoms with Gasteiger partial charge in [0, 0.05) is 26.6 Å². The van der Waals surface area contributed by atoms with Gasteiger partial charge in [-0.15, -0.1) is 0 Å². The van der Waals surface area contributed by atoms with E-state index in [0.717, 1.165) is 38.0 Å². The first-order chi connectivity index (χ1) is 10.2. The van der Waals surface area contributed by atoms with Gasteiger partial charge in [0.15, 0.2) is 0 Å². The summed E-state index contributed by atoms with van der Waals surface area (Å²) >= 11 is 0. The van der Waals surface area contributed by atoms with Crippen molar-refractivity contribution in [2.75, 3.05) is 26.8 Å². The fraction of sp³-hybridized carbons (Fsp3) is 0.529. The van der Waals surface area contributed by atoms with Crippen molar-refractivity contribution in [3.8, 4) is 11.8 Å². The van der Waals surface area contributed by atoms with Crippen LogP contribution in [0.4, 0.5) is 4.39 Å². The molecule has 4 heteroatoms. The highest BCUT2D eigenvalue weighted by Gasteiger charge is 2.19. The number of aliphatic hydroxyl groups is 1. The van der Waals surface area contributed by atoms with Gasteiger partial charge >= 0.3 is 0 Å². The molecule has 0 bridgehead atoms. The summed E-state index contributed by atoms with van der Waals surface area (Å²) in [4.78, 5) is 2.33. The molecule has 3 nitrogen and oxygen atoms in total. The number of methoxy groups -OCH3 is 1. The third-order valence-corrected chi connectivity index (χ3v) is 3.69. The molecule has 1 unspecified atom stereocenters. The molecule has 1 aliphatic rings. The van der Waals surface area contributed by atoms with Gasteiger partial charge in [0.25, 0.3) is 0 Å². The van der Waals surface area contributed by atoms with Crippen LogP contribution in [0, 0.1) is 17.7 Å². The minimum Gasteiger partial charge on any atom is -0.395 e. The van der Waals surface area contributed by atoms with E-state index in [2.05, 4.69) is 16.7 Å². The maximum Gasteiger partial charge on any atom is 0.138 e. The van der Waals surface area contributed by atoms with E-state index < -0.39 is 0 Å². The average molecular weight is 291 g/mol. The predicted octanol–water partition coefficient (Wildman–Crippen LogP) is 2.17. The van der Waals surface area contributed by atoms with Crippen LogP contribution in [0.25, 0.3) is 0 Å². The molecule has 1 fully saturated rings. The number of benzene rings is 1. The van der Waals surface area contributed by atoms with Gasteiger partial charge in [-0.2, -0.15) is 0 Å². The van der Waals surface area contributed by atoms with Crippen molar-refractivity contribution >= 4 is 0 Å². The number of hydrogen-bond donors (Lipinski definition) is 1. The van der Waals surface area contributed by atoms with Gasteiger partial charge in [-0.3, -0.25) is 4.90 Å². The maximum absolute atomic E-state index is 13.7. The lowest BCUT2D eigenvalue weighted by Crippen LogP contribution is -2.38. The second-order valence-electron chi connectivity index (χ2n) is 5.32. The third-order valence-electron chi connectivity index (χ3n) is 3.69. The van der Waals surface area contributed by atoms with Gasteiger partial charge in [0.2, 0.25) is 0 Å². The summed E-state index contributed by atoms with van der Waals surface area (Å²) in [6.45, 7) is 2.75. The molecule has 0 saturated carbocycles. The Morgan fingerprint density at radius 3 is 3.10 bits per heavy atom. The van der Waals surface area contributed by atoms with Gasteiger partial charge in [-0.25, -0.2) is 4.39 Å². The van der Waals surface area contributed by atoms with E-state index >= 15 is 0 Å². The number of ether oxygens (including phenoxy) is 1. The summed E-state index contributed by atoms with van der Waals surface area (Å²) < 4.78 is 19.1. The van der Waals surface area contributed by atoms with Gasteiger partial charge in [-0.1, -0.05) is 17.9 Å². The fourth-order valence-corrected chi connectivity index (χ4v) is 2.59. The number of rotatable bonds is 4. The lowest BCUT2D eigenvalue weighted by molar-refractivity contribution is 0.0285. The first-order valence-corrected chi connectivity index (χ1v) is 7.36. The Kier molecular flexibility index (Phi) is 6.19. The van der Waals surface area contributed by atoms with Crippen LogP contribution in [0.2, 0.25) is 0 Å². The second-order valence-corrected chi connectivity index (χ2v) is 5.32. The standard InChI is InChI=1S/C17H22FNO2/c1-21-16-6-4-9-19(13-16)12-14-7-8-17(18)15(11-14)5-2-3-10-20/h7-8,11,16,20H,3-4,6,9-10,12-13H2,1H3. The van der Waals surface area contributed by atoms with Gasteiger partial charge < -0.3 is 9.84 Å². The number of aliphatic hydroxyl groups excluding tert-OH is 1. The molecule has 21 heavy (non-hydrogen) atoms. The minimum atomic E-state index is -0.308. The number of piperidine rings is 1. The zero-order chi connectivity index (χ0) is 15.1. The molecule has 1 aliphatic heterocycles. The van der Waals surface area contributed by atoms with E-state index in [4.69, 9.17) is 9.84 Å². The Hall–Kier alpha value is -1.41. The Labute approximate surface area is 125 Å². The van der Waals surface area contributed by atoms with Crippen molar-refractivity contribution in [1.82, 2.24) is 4.90 Å². The largest absolute Gasteiger partial charge is 0.395 e. The van der Waals surface area contributed by atoms with Crippen LogP contribution in [-0.4, -0.2) is 42.9 Å². The predicted molar refractivity (Wildman–Crippen MR) is 80.3 cm³/mol. The molecule has 114 valence electrons. The smallest absolute Gasteiger partial charge is 0.138 e. The van der Waals surface area contributed by atoms with Crippen LogP contribution in [-0.2, 0) is 11.3 Å². The quantitative estimate of drug-likeness (QED) is 0.863. The summed E-state index contributed by atoms with van der Waals surface area (Å²) in [7, 11) is 1.75. The van der Waals surface area contributed by atoms with Crippen molar-refractivity contribution in [2.24, 2.45) is 0 Å². The molecule has 0 aliphatic carbocycles. The summed E-state index contributed by atoms with van der Waals surface area (Å²) in [5.74, 6) is 5.24. The van der Waals surface area contributed by atoms with Crippen molar-refractivity contribution in [1.29, 1.82) is 0 Å². The normalized spacial score (nSPS) is 19.1. The lowest BCUT2D eigenvalue weighted by atomic mass is 10.1. The molecule has 0 aromatic heterocycles. The Balaban J connectivity index is 2.03. The van der Waals surface area contributed by atoms with Crippen molar-refractivity contribution < 1.29 is 14.2 Å². The summed E-state index contributed by atoms with van der Waals surface area (Å²) in [5, 5.41) is 8.72. The average Bonchev–Trinajstić information content (AvgIpc) is 2.51. The summed E-state index contributed by atoms with van der Waals surface area (Å²) in [6, 6.07) is 5.08. The molecule has 0 amide bonds. The Morgan fingerprint density at radius 1 is 1.48 bits per heavy atom. The van der Waals surface area contributed by atoms with Crippen molar-refractivity contribution in [2.45, 2.75) is 31.9 Å². The van der Waals surface area contributed by atoms with Gasteiger partial charge in [0.1, 0.15) is 5.82 Å². The number of hydrogen-bond acceptors (Lipinski definition) is 3. The van der Waals surface area contributed by atoms with Crippen LogP contribution >= 0.6 is 0 Å². The first-order valence-electron chi connectivity index (χ1n) is 7.36. The van der Waals surface area contributed by atoms with Crippen LogP contribution in [0.5, 0.6) is 0 Å². The molecule has 2 rings (SSSR count). The van der Waals surface area contributed by atoms with Crippen molar-refractivity contribution in [3.63, 3.8) is 0 Å². The van der Waals surface area contributed by atoms with E-state index in [1.54, 1.807) is 13.2 Å². The fourth-order valence-electron chi connectivity index (χ4n) is 2.59. The lowest BCUT2D eigenvalue weighted by Gasteiger charge is -2.31. The Morgan fingerprint density at radius 2 is 2.33 bits per heavy atom. The molecule has 1 aromatic rings. The van der Waals surface area contributed by atoms with Crippen molar-refractivity contribution in [3.05, 3.63) is 35.1 Å².